The molecule has 3 aromatic carbocycles. The number of carbonyl (C=O) groups excluding carboxylic acids is 2. The van der Waals surface area contributed by atoms with Gasteiger partial charge in [-0.15, -0.1) is 11.8 Å². The summed E-state index contributed by atoms with van der Waals surface area (Å²) in [6, 6.07) is 24.4. The van der Waals surface area contributed by atoms with Gasteiger partial charge in [0.15, 0.2) is 0 Å². The number of anilines is 1. The zero-order chi connectivity index (χ0) is 24.2. The highest BCUT2D eigenvalue weighted by molar-refractivity contribution is 8.00. The van der Waals surface area contributed by atoms with E-state index in [1.807, 2.05) is 52.3 Å². The van der Waals surface area contributed by atoms with Crippen molar-refractivity contribution in [2.24, 2.45) is 0 Å². The fourth-order valence-corrected chi connectivity index (χ4v) is 5.88. The maximum atomic E-state index is 13.2. The van der Waals surface area contributed by atoms with Crippen LogP contribution in [0.15, 0.2) is 78.9 Å². The molecule has 2 aliphatic heterocycles. The molecule has 0 unspecified atom stereocenters. The summed E-state index contributed by atoms with van der Waals surface area (Å²) in [4.78, 5) is 31.6. The largest absolute Gasteiger partial charge is 0.368 e. The Bertz CT molecular complexity index is 1160. The zero-order valence-electron chi connectivity index (χ0n) is 19.5. The van der Waals surface area contributed by atoms with Crippen LogP contribution in [0.25, 0.3) is 0 Å². The predicted molar refractivity (Wildman–Crippen MR) is 138 cm³/mol. The summed E-state index contributed by atoms with van der Waals surface area (Å²) in [6.45, 7) is 3.36. The summed E-state index contributed by atoms with van der Waals surface area (Å²) in [5.41, 5.74) is 3.90. The Balaban J connectivity index is 1.19. The van der Waals surface area contributed by atoms with E-state index in [0.717, 1.165) is 17.7 Å². The van der Waals surface area contributed by atoms with Crippen LogP contribution in [0, 0.1) is 5.82 Å². The van der Waals surface area contributed by atoms with Gasteiger partial charge in [-0.2, -0.15) is 0 Å². The van der Waals surface area contributed by atoms with E-state index >= 15 is 0 Å². The van der Waals surface area contributed by atoms with Crippen LogP contribution < -0.4 is 4.90 Å². The number of thioether (sulfide) groups is 1. The van der Waals surface area contributed by atoms with Crippen molar-refractivity contribution in [3.63, 3.8) is 0 Å². The summed E-state index contributed by atoms with van der Waals surface area (Å²) in [5, 5.41) is -0.0189. The molecule has 0 N–H and O–H groups in total. The second kappa shape index (κ2) is 10.5. The third-order valence-corrected chi connectivity index (χ3v) is 7.91. The number of halogens is 1. The molecule has 35 heavy (non-hydrogen) atoms. The number of nitrogens with zero attached hydrogens (tertiary/aromatic N) is 3. The van der Waals surface area contributed by atoms with Crippen molar-refractivity contribution in [3.05, 3.63) is 101 Å². The first-order valence-electron chi connectivity index (χ1n) is 11.9. The van der Waals surface area contributed by atoms with Gasteiger partial charge in [0.2, 0.25) is 5.91 Å². The lowest BCUT2D eigenvalue weighted by Crippen LogP contribution is -2.48. The van der Waals surface area contributed by atoms with Crippen LogP contribution in [0.3, 0.4) is 0 Å². The quantitative estimate of drug-likeness (QED) is 0.508. The molecule has 0 radical (unpaired) electrons. The highest BCUT2D eigenvalue weighted by Crippen LogP contribution is 2.38. The molecule has 2 amide bonds. The maximum absolute atomic E-state index is 13.2. The third-order valence-electron chi connectivity index (χ3n) is 6.65. The van der Waals surface area contributed by atoms with Crippen molar-refractivity contribution in [3.8, 4) is 0 Å². The van der Waals surface area contributed by atoms with Gasteiger partial charge in [0.1, 0.15) is 11.2 Å². The minimum atomic E-state index is -0.245. The molecule has 0 saturated carbocycles. The van der Waals surface area contributed by atoms with Gasteiger partial charge >= 0.3 is 0 Å². The van der Waals surface area contributed by atoms with E-state index in [2.05, 4.69) is 17.0 Å². The second-order valence-corrected chi connectivity index (χ2v) is 9.93. The Morgan fingerprint density at radius 2 is 1.57 bits per heavy atom. The molecule has 0 bridgehead atoms. The molecular formula is C28H28FN3O2S. The Morgan fingerprint density at radius 3 is 2.26 bits per heavy atom. The predicted octanol–water partition coefficient (Wildman–Crippen LogP) is 4.60. The molecule has 5 nitrogen and oxygen atoms in total. The Morgan fingerprint density at radius 1 is 0.886 bits per heavy atom. The minimum absolute atomic E-state index is 0.0189. The molecule has 0 aliphatic carbocycles. The highest BCUT2D eigenvalue weighted by atomic mass is 32.2. The van der Waals surface area contributed by atoms with Crippen LogP contribution in [0.2, 0.25) is 0 Å². The minimum Gasteiger partial charge on any atom is -0.368 e. The zero-order valence-corrected chi connectivity index (χ0v) is 20.3. The first-order valence-corrected chi connectivity index (χ1v) is 13.0. The van der Waals surface area contributed by atoms with Crippen molar-refractivity contribution >= 4 is 29.3 Å². The van der Waals surface area contributed by atoms with Crippen molar-refractivity contribution in [1.82, 2.24) is 9.80 Å². The molecule has 0 aromatic heterocycles. The highest BCUT2D eigenvalue weighted by Gasteiger charge is 2.32. The third kappa shape index (κ3) is 5.35. The van der Waals surface area contributed by atoms with E-state index in [-0.39, 0.29) is 23.0 Å². The lowest BCUT2D eigenvalue weighted by atomic mass is 10.1. The summed E-state index contributed by atoms with van der Waals surface area (Å²) < 4.78 is 13.2. The van der Waals surface area contributed by atoms with Crippen molar-refractivity contribution in [2.45, 2.75) is 11.8 Å². The van der Waals surface area contributed by atoms with Gasteiger partial charge in [-0.25, -0.2) is 4.39 Å². The van der Waals surface area contributed by atoms with E-state index < -0.39 is 0 Å². The van der Waals surface area contributed by atoms with E-state index in [1.165, 1.54) is 17.7 Å². The standard InChI is InChI=1S/C28H28FN3O2S/c29-24-10-12-25(13-11-24)30-16-18-31(19-17-30)27(34)22-6-8-23(9-7-22)28-32(26(33)20-35-28)15-14-21-4-2-1-3-5-21/h1-13,28H,14-20H2/t28-/m1/s1. The van der Waals surface area contributed by atoms with E-state index in [0.29, 0.717) is 44.0 Å². The fourth-order valence-electron chi connectivity index (χ4n) is 4.66. The number of hydrogen-bond donors (Lipinski definition) is 0. The van der Waals surface area contributed by atoms with Crippen LogP contribution in [0.4, 0.5) is 10.1 Å². The summed E-state index contributed by atoms with van der Waals surface area (Å²) in [6.07, 6.45) is 0.824. The van der Waals surface area contributed by atoms with E-state index in [1.54, 1.807) is 23.9 Å². The smallest absolute Gasteiger partial charge is 0.253 e. The van der Waals surface area contributed by atoms with Crippen LogP contribution >= 0.6 is 11.8 Å². The maximum Gasteiger partial charge on any atom is 0.253 e. The number of rotatable bonds is 6. The van der Waals surface area contributed by atoms with E-state index in [9.17, 15) is 14.0 Å². The topological polar surface area (TPSA) is 43.9 Å². The van der Waals surface area contributed by atoms with Crippen molar-refractivity contribution < 1.29 is 14.0 Å². The van der Waals surface area contributed by atoms with Crippen LogP contribution in [-0.4, -0.2) is 60.1 Å². The van der Waals surface area contributed by atoms with Gasteiger partial charge in [-0.1, -0.05) is 42.5 Å². The molecule has 2 heterocycles. The number of hydrogen-bond acceptors (Lipinski definition) is 4. The molecular weight excluding hydrogens is 461 g/mol. The molecule has 2 fully saturated rings. The molecule has 5 rings (SSSR count). The van der Waals surface area contributed by atoms with Gasteiger partial charge in [-0.3, -0.25) is 9.59 Å². The van der Waals surface area contributed by atoms with Gasteiger partial charge in [0.25, 0.3) is 5.91 Å². The fraction of sp³-hybridized carbons (Fsp3) is 0.286. The molecule has 3 aromatic rings. The van der Waals surface area contributed by atoms with Crippen LogP contribution in [-0.2, 0) is 11.2 Å². The number of carbonyl (C=O) groups is 2. The normalized spacial score (nSPS) is 18.3. The molecule has 2 saturated heterocycles. The average molecular weight is 490 g/mol. The first kappa shape index (κ1) is 23.4. The van der Waals surface area contributed by atoms with Gasteiger partial charge in [0, 0.05) is 44.0 Å². The molecule has 7 heteroatoms. The number of piperazine rings is 1. The van der Waals surface area contributed by atoms with Gasteiger partial charge < -0.3 is 14.7 Å². The van der Waals surface area contributed by atoms with Crippen molar-refractivity contribution in [2.75, 3.05) is 43.4 Å². The summed E-state index contributed by atoms with van der Waals surface area (Å²) in [5.74, 6) is 0.422. The molecule has 1 atom stereocenters. The number of amides is 2. The monoisotopic (exact) mass is 489 g/mol. The molecule has 0 spiro atoms. The summed E-state index contributed by atoms with van der Waals surface area (Å²) in [7, 11) is 0. The summed E-state index contributed by atoms with van der Waals surface area (Å²) >= 11 is 1.64. The van der Waals surface area contributed by atoms with Gasteiger partial charge in [0.05, 0.1) is 5.75 Å². The Hall–Kier alpha value is -3.32. The number of benzene rings is 3. The lowest BCUT2D eigenvalue weighted by molar-refractivity contribution is -0.128. The molecule has 2 aliphatic rings. The SMILES string of the molecule is O=C(c1ccc([C@H]2SCC(=O)N2CCc2ccccc2)cc1)N1CCN(c2ccc(F)cc2)CC1. The van der Waals surface area contributed by atoms with E-state index in [4.69, 9.17) is 0 Å². The Labute approximate surface area is 209 Å². The second-order valence-electron chi connectivity index (χ2n) is 8.86. The molecule has 180 valence electrons. The van der Waals surface area contributed by atoms with Crippen LogP contribution in [0.1, 0.15) is 26.9 Å². The van der Waals surface area contributed by atoms with Crippen LogP contribution in [0.5, 0.6) is 0 Å². The van der Waals surface area contributed by atoms with Crippen molar-refractivity contribution in [1.29, 1.82) is 0 Å². The Kier molecular flexibility index (Phi) is 7.04. The average Bonchev–Trinajstić information content (AvgIpc) is 3.28. The first-order chi connectivity index (χ1) is 17.1. The lowest BCUT2D eigenvalue weighted by Gasteiger charge is -2.36. The van der Waals surface area contributed by atoms with Gasteiger partial charge in [-0.05, 0) is 53.9 Å².